The molecule has 26 heavy (non-hydrogen) atoms. The molecular weight excluding hydrogens is 350 g/mol. The molecule has 1 amide bonds. The molecule has 0 aliphatic heterocycles. The van der Waals surface area contributed by atoms with Crippen LogP contribution in [0.25, 0.3) is 10.9 Å². The van der Waals surface area contributed by atoms with Crippen molar-refractivity contribution < 1.29 is 13.2 Å². The smallest absolute Gasteiger partial charge is 0.255 e. The van der Waals surface area contributed by atoms with Crippen LogP contribution < -0.4 is 10.0 Å². The molecule has 0 atom stereocenters. The van der Waals surface area contributed by atoms with Crippen molar-refractivity contribution in [1.29, 1.82) is 0 Å². The summed E-state index contributed by atoms with van der Waals surface area (Å²) in [7, 11) is -2.28. The number of aromatic nitrogens is 1. The lowest BCUT2D eigenvalue weighted by molar-refractivity contribution is 0.102. The average Bonchev–Trinajstić information content (AvgIpc) is 2.62. The van der Waals surface area contributed by atoms with Crippen LogP contribution in [0, 0.1) is 13.8 Å². The summed E-state index contributed by atoms with van der Waals surface area (Å²) in [5, 5.41) is 3.70. The van der Waals surface area contributed by atoms with Crippen molar-refractivity contribution in [1.82, 2.24) is 9.71 Å². The molecule has 0 spiro atoms. The number of pyridine rings is 1. The molecular formula is C19H19N3O3S. The van der Waals surface area contributed by atoms with Gasteiger partial charge in [-0.3, -0.25) is 9.78 Å². The van der Waals surface area contributed by atoms with E-state index < -0.39 is 10.0 Å². The van der Waals surface area contributed by atoms with Crippen molar-refractivity contribution >= 4 is 32.5 Å². The first-order valence-corrected chi connectivity index (χ1v) is 9.51. The predicted octanol–water partition coefficient (Wildman–Crippen LogP) is 3.01. The van der Waals surface area contributed by atoms with Gasteiger partial charge in [-0.25, -0.2) is 13.1 Å². The lowest BCUT2D eigenvalue weighted by atomic mass is 10.1. The van der Waals surface area contributed by atoms with Gasteiger partial charge in [0.15, 0.2) is 0 Å². The Morgan fingerprint density at radius 1 is 1.08 bits per heavy atom. The highest BCUT2D eigenvalue weighted by atomic mass is 32.2. The molecule has 2 aromatic carbocycles. The highest BCUT2D eigenvalue weighted by Gasteiger charge is 2.15. The zero-order valence-corrected chi connectivity index (χ0v) is 15.5. The summed E-state index contributed by atoms with van der Waals surface area (Å²) in [6.07, 6.45) is 1.64. The summed E-state index contributed by atoms with van der Waals surface area (Å²) < 4.78 is 26.1. The number of hydrogen-bond donors (Lipinski definition) is 2. The van der Waals surface area contributed by atoms with Crippen molar-refractivity contribution in [3.63, 3.8) is 0 Å². The molecule has 0 aliphatic carbocycles. The topological polar surface area (TPSA) is 88.2 Å². The SMILES string of the molecule is CNS(=O)(=O)c1cccc(C(=O)Nc2ccnc3c(C)cc(C)cc23)c1. The van der Waals surface area contributed by atoms with Crippen LogP contribution in [-0.4, -0.2) is 26.4 Å². The molecule has 0 bridgehead atoms. The van der Waals surface area contributed by atoms with E-state index in [1.165, 1.54) is 25.2 Å². The number of carbonyl (C=O) groups excluding carboxylic acids is 1. The van der Waals surface area contributed by atoms with E-state index in [1.807, 2.05) is 26.0 Å². The van der Waals surface area contributed by atoms with Crippen molar-refractivity contribution in [3.8, 4) is 0 Å². The molecule has 3 rings (SSSR count). The van der Waals surface area contributed by atoms with Crippen LogP contribution in [0.1, 0.15) is 21.5 Å². The molecule has 3 aromatic rings. The van der Waals surface area contributed by atoms with Gasteiger partial charge in [0.25, 0.3) is 5.91 Å². The molecule has 1 aromatic heterocycles. The van der Waals surface area contributed by atoms with E-state index in [9.17, 15) is 13.2 Å². The summed E-state index contributed by atoms with van der Waals surface area (Å²) in [6, 6.07) is 11.6. The molecule has 0 radical (unpaired) electrons. The molecule has 1 heterocycles. The van der Waals surface area contributed by atoms with E-state index in [0.717, 1.165) is 22.0 Å². The minimum Gasteiger partial charge on any atom is -0.321 e. The van der Waals surface area contributed by atoms with Gasteiger partial charge in [-0.15, -0.1) is 0 Å². The van der Waals surface area contributed by atoms with E-state index >= 15 is 0 Å². The normalized spacial score (nSPS) is 11.5. The molecule has 6 nitrogen and oxygen atoms in total. The Labute approximate surface area is 152 Å². The van der Waals surface area contributed by atoms with Crippen molar-refractivity contribution in [2.45, 2.75) is 18.7 Å². The second-order valence-corrected chi connectivity index (χ2v) is 7.91. The molecule has 7 heteroatoms. The van der Waals surface area contributed by atoms with Crippen molar-refractivity contribution in [2.75, 3.05) is 12.4 Å². The molecule has 0 saturated heterocycles. The monoisotopic (exact) mass is 369 g/mol. The Hall–Kier alpha value is -2.77. The summed E-state index contributed by atoms with van der Waals surface area (Å²) in [5.74, 6) is -0.384. The average molecular weight is 369 g/mol. The largest absolute Gasteiger partial charge is 0.321 e. The first-order valence-electron chi connectivity index (χ1n) is 8.03. The summed E-state index contributed by atoms with van der Waals surface area (Å²) in [5.41, 5.74) is 3.81. The quantitative estimate of drug-likeness (QED) is 0.740. The lowest BCUT2D eigenvalue weighted by Crippen LogP contribution is -2.19. The van der Waals surface area contributed by atoms with Crippen LogP contribution in [0.15, 0.2) is 53.6 Å². The Morgan fingerprint density at radius 2 is 1.85 bits per heavy atom. The number of anilines is 1. The van der Waals surface area contributed by atoms with Gasteiger partial charge in [0, 0.05) is 17.1 Å². The van der Waals surface area contributed by atoms with Gasteiger partial charge in [-0.05, 0) is 56.8 Å². The van der Waals surface area contributed by atoms with Crippen molar-refractivity contribution in [3.05, 3.63) is 65.4 Å². The molecule has 0 unspecified atom stereocenters. The van der Waals surface area contributed by atoms with Gasteiger partial charge >= 0.3 is 0 Å². The second kappa shape index (κ2) is 6.86. The molecule has 0 saturated carbocycles. The van der Waals surface area contributed by atoms with Gasteiger partial charge < -0.3 is 5.32 Å². The van der Waals surface area contributed by atoms with E-state index in [-0.39, 0.29) is 16.4 Å². The molecule has 2 N–H and O–H groups in total. The van der Waals surface area contributed by atoms with Crippen LogP contribution in [0.3, 0.4) is 0 Å². The first kappa shape index (κ1) is 18.0. The van der Waals surface area contributed by atoms with E-state index in [1.54, 1.807) is 18.3 Å². The van der Waals surface area contributed by atoms with Crippen LogP contribution in [0.2, 0.25) is 0 Å². The summed E-state index contributed by atoms with van der Waals surface area (Å²) in [6.45, 7) is 3.96. The Kier molecular flexibility index (Phi) is 4.76. The minimum atomic E-state index is -3.61. The third-order valence-electron chi connectivity index (χ3n) is 4.10. The zero-order valence-electron chi connectivity index (χ0n) is 14.7. The van der Waals surface area contributed by atoms with Gasteiger partial charge in [0.2, 0.25) is 10.0 Å². The fourth-order valence-corrected chi connectivity index (χ4v) is 3.61. The number of rotatable bonds is 4. The minimum absolute atomic E-state index is 0.0407. The number of fused-ring (bicyclic) bond motifs is 1. The highest BCUT2D eigenvalue weighted by Crippen LogP contribution is 2.26. The number of amides is 1. The maximum absolute atomic E-state index is 12.6. The standard InChI is InChI=1S/C19H19N3O3S/c1-12-9-13(2)18-16(10-12)17(7-8-21-18)22-19(23)14-5-4-6-15(11-14)26(24,25)20-3/h4-11,20H,1-3H3,(H,21,22,23). The zero-order chi connectivity index (χ0) is 18.9. The van der Waals surface area contributed by atoms with Crippen molar-refractivity contribution in [2.24, 2.45) is 0 Å². The number of nitrogens with zero attached hydrogens (tertiary/aromatic N) is 1. The highest BCUT2D eigenvalue weighted by molar-refractivity contribution is 7.89. The summed E-state index contributed by atoms with van der Waals surface area (Å²) >= 11 is 0. The number of hydrogen-bond acceptors (Lipinski definition) is 4. The number of nitrogens with one attached hydrogen (secondary N) is 2. The number of aryl methyl sites for hydroxylation is 2. The van der Waals surface area contributed by atoms with E-state index in [2.05, 4.69) is 15.0 Å². The Balaban J connectivity index is 1.99. The summed E-state index contributed by atoms with van der Waals surface area (Å²) in [4.78, 5) is 17.1. The first-order chi connectivity index (χ1) is 12.3. The maximum Gasteiger partial charge on any atom is 0.255 e. The van der Waals surface area contributed by atoms with Crippen LogP contribution >= 0.6 is 0 Å². The van der Waals surface area contributed by atoms with Gasteiger partial charge in [0.1, 0.15) is 0 Å². The Morgan fingerprint density at radius 3 is 2.58 bits per heavy atom. The van der Waals surface area contributed by atoms with Gasteiger partial charge in [0.05, 0.1) is 16.1 Å². The number of benzene rings is 2. The fourth-order valence-electron chi connectivity index (χ4n) is 2.84. The third-order valence-corrected chi connectivity index (χ3v) is 5.52. The molecule has 134 valence electrons. The molecule has 0 fully saturated rings. The van der Waals surface area contributed by atoms with Gasteiger partial charge in [-0.2, -0.15) is 0 Å². The fraction of sp³-hybridized carbons (Fsp3) is 0.158. The van der Waals surface area contributed by atoms with Crippen LogP contribution in [0.4, 0.5) is 5.69 Å². The second-order valence-electron chi connectivity index (χ2n) is 6.03. The number of carbonyl (C=O) groups is 1. The Bertz CT molecular complexity index is 1110. The maximum atomic E-state index is 12.6. The lowest BCUT2D eigenvalue weighted by Gasteiger charge is -2.11. The predicted molar refractivity (Wildman–Crippen MR) is 102 cm³/mol. The van der Waals surface area contributed by atoms with E-state index in [0.29, 0.717) is 5.69 Å². The van der Waals surface area contributed by atoms with Crippen LogP contribution in [-0.2, 0) is 10.0 Å². The molecule has 0 aliphatic rings. The number of sulfonamides is 1. The van der Waals surface area contributed by atoms with Crippen LogP contribution in [0.5, 0.6) is 0 Å². The van der Waals surface area contributed by atoms with Gasteiger partial charge in [-0.1, -0.05) is 17.7 Å². The third kappa shape index (κ3) is 3.44. The van der Waals surface area contributed by atoms with E-state index in [4.69, 9.17) is 0 Å².